The highest BCUT2D eigenvalue weighted by molar-refractivity contribution is 8.02. The molecule has 0 bridgehead atoms. The van der Waals surface area contributed by atoms with Crippen molar-refractivity contribution < 1.29 is 8.42 Å². The van der Waals surface area contributed by atoms with Crippen LogP contribution in [0.4, 0.5) is 0 Å². The molecule has 2 aromatic carbocycles. The van der Waals surface area contributed by atoms with E-state index in [-0.39, 0.29) is 6.04 Å². The summed E-state index contributed by atoms with van der Waals surface area (Å²) in [5.41, 5.74) is 2.07. The predicted octanol–water partition coefficient (Wildman–Crippen LogP) is 5.53. The summed E-state index contributed by atoms with van der Waals surface area (Å²) < 4.78 is 28.4. The summed E-state index contributed by atoms with van der Waals surface area (Å²) in [4.78, 5) is 1.45. The molecule has 0 aliphatic heterocycles. The molecule has 0 saturated carbocycles. The largest absolute Gasteiger partial charge is 0.241 e. The first-order chi connectivity index (χ1) is 12.4. The zero-order chi connectivity index (χ0) is 19.0. The molecule has 2 rings (SSSR count). The van der Waals surface area contributed by atoms with E-state index in [2.05, 4.69) is 11.6 Å². The summed E-state index contributed by atoms with van der Waals surface area (Å²) in [5, 5.41) is 2.05. The van der Waals surface area contributed by atoms with E-state index in [9.17, 15) is 8.42 Å². The lowest BCUT2D eigenvalue weighted by Gasteiger charge is -2.20. The van der Waals surface area contributed by atoms with Gasteiger partial charge in [0.25, 0.3) is 0 Å². The molecule has 2 aromatic rings. The summed E-state index contributed by atoms with van der Waals surface area (Å²) in [6.45, 7) is 6.05. The Labute approximate surface area is 162 Å². The minimum atomic E-state index is -3.53. The van der Waals surface area contributed by atoms with E-state index < -0.39 is 10.0 Å². The summed E-state index contributed by atoms with van der Waals surface area (Å²) in [5.74, 6) is 0. The van der Waals surface area contributed by atoms with Crippen molar-refractivity contribution in [2.75, 3.05) is 0 Å². The van der Waals surface area contributed by atoms with Gasteiger partial charge in [-0.2, -0.15) is 0 Å². The van der Waals surface area contributed by atoms with Gasteiger partial charge < -0.3 is 0 Å². The molecule has 3 nitrogen and oxygen atoms in total. The molecule has 1 unspecified atom stereocenters. The maximum absolute atomic E-state index is 12.8. The lowest BCUT2D eigenvalue weighted by Crippen LogP contribution is -2.35. The molecule has 5 heteroatoms. The minimum Gasteiger partial charge on any atom is -0.207 e. The fourth-order valence-electron chi connectivity index (χ4n) is 2.50. The van der Waals surface area contributed by atoms with Crippen molar-refractivity contribution in [3.8, 4) is 0 Å². The van der Waals surface area contributed by atoms with Gasteiger partial charge in [0.05, 0.1) is 4.90 Å². The van der Waals surface area contributed by atoms with Crippen molar-refractivity contribution >= 4 is 21.8 Å². The van der Waals surface area contributed by atoms with Crippen molar-refractivity contribution in [1.29, 1.82) is 0 Å². The minimum absolute atomic E-state index is 0.197. The first-order valence-electron chi connectivity index (χ1n) is 8.89. The molecule has 0 aliphatic rings. The lowest BCUT2D eigenvalue weighted by atomic mass is 10.1. The highest BCUT2D eigenvalue weighted by Crippen LogP contribution is 2.23. The number of benzene rings is 2. The Kier molecular flexibility index (Phi) is 7.94. The Hall–Kier alpha value is -1.56. The predicted molar refractivity (Wildman–Crippen MR) is 111 cm³/mol. The van der Waals surface area contributed by atoms with E-state index in [1.54, 1.807) is 23.9 Å². The van der Waals surface area contributed by atoms with E-state index >= 15 is 0 Å². The third kappa shape index (κ3) is 6.31. The maximum Gasteiger partial charge on any atom is 0.241 e. The van der Waals surface area contributed by atoms with E-state index in [1.165, 1.54) is 0 Å². The molecule has 0 heterocycles. The normalized spacial score (nSPS) is 13.6. The van der Waals surface area contributed by atoms with E-state index in [0.717, 1.165) is 35.3 Å². The van der Waals surface area contributed by atoms with Crippen LogP contribution >= 0.6 is 11.8 Å². The zero-order valence-corrected chi connectivity index (χ0v) is 17.2. The third-order valence-corrected chi connectivity index (χ3v) is 6.67. The topological polar surface area (TPSA) is 46.2 Å². The SMILES string of the molecule is CCCCC(NS(=O)(=O)c1ccc(C)cc1)C(C)=CSc1ccccc1. The quantitative estimate of drug-likeness (QED) is 0.574. The molecular formula is C21H27NO2S2. The molecule has 26 heavy (non-hydrogen) atoms. The molecule has 0 fully saturated rings. The van der Waals surface area contributed by atoms with Gasteiger partial charge in [0.2, 0.25) is 10.0 Å². The zero-order valence-electron chi connectivity index (χ0n) is 15.6. The monoisotopic (exact) mass is 389 g/mol. The van der Waals surface area contributed by atoms with Crippen LogP contribution in [0.2, 0.25) is 0 Å². The molecule has 0 amide bonds. The molecule has 0 aliphatic carbocycles. The van der Waals surface area contributed by atoms with Gasteiger partial charge in [-0.05, 0) is 55.5 Å². The number of unbranched alkanes of at least 4 members (excludes halogenated alkanes) is 1. The summed E-state index contributed by atoms with van der Waals surface area (Å²) in [6, 6.07) is 16.8. The second kappa shape index (κ2) is 9.95. The van der Waals surface area contributed by atoms with Gasteiger partial charge in [0.15, 0.2) is 0 Å². The molecule has 140 valence electrons. The number of hydrogen-bond donors (Lipinski definition) is 1. The van der Waals surface area contributed by atoms with Crippen LogP contribution in [0.15, 0.2) is 75.4 Å². The van der Waals surface area contributed by atoms with Gasteiger partial charge in [-0.15, -0.1) is 0 Å². The number of thioether (sulfide) groups is 1. The Balaban J connectivity index is 2.16. The average molecular weight is 390 g/mol. The molecule has 0 aromatic heterocycles. The van der Waals surface area contributed by atoms with Crippen LogP contribution in [0.1, 0.15) is 38.7 Å². The van der Waals surface area contributed by atoms with Crippen LogP contribution in [0.25, 0.3) is 0 Å². The Morgan fingerprint density at radius 1 is 1.12 bits per heavy atom. The Bertz CT molecular complexity index is 813. The fourth-order valence-corrected chi connectivity index (χ4v) is 4.61. The van der Waals surface area contributed by atoms with Crippen molar-refractivity contribution in [2.24, 2.45) is 0 Å². The van der Waals surface area contributed by atoms with Gasteiger partial charge in [0.1, 0.15) is 0 Å². The van der Waals surface area contributed by atoms with Crippen molar-refractivity contribution in [3.63, 3.8) is 0 Å². The van der Waals surface area contributed by atoms with E-state index in [1.807, 2.05) is 61.7 Å². The van der Waals surface area contributed by atoms with Gasteiger partial charge in [0, 0.05) is 10.9 Å². The number of hydrogen-bond acceptors (Lipinski definition) is 3. The number of sulfonamides is 1. The molecule has 1 N–H and O–H groups in total. The van der Waals surface area contributed by atoms with Crippen LogP contribution in [0.5, 0.6) is 0 Å². The first-order valence-corrected chi connectivity index (χ1v) is 11.3. The van der Waals surface area contributed by atoms with Crippen molar-refractivity contribution in [3.05, 3.63) is 71.1 Å². The fraction of sp³-hybridized carbons (Fsp3) is 0.333. The van der Waals surface area contributed by atoms with Gasteiger partial charge >= 0.3 is 0 Å². The van der Waals surface area contributed by atoms with Crippen LogP contribution in [0, 0.1) is 6.92 Å². The Morgan fingerprint density at radius 2 is 1.77 bits per heavy atom. The number of aryl methyl sites for hydroxylation is 1. The molecule has 0 spiro atoms. The van der Waals surface area contributed by atoms with Gasteiger partial charge in [-0.1, -0.05) is 67.4 Å². The average Bonchev–Trinajstić information content (AvgIpc) is 2.64. The lowest BCUT2D eigenvalue weighted by molar-refractivity contribution is 0.544. The number of nitrogens with one attached hydrogen (secondary N) is 1. The standard InChI is InChI=1S/C21H27NO2S2/c1-4-5-11-21(18(3)16-25-19-9-7-6-8-10-19)22-26(23,24)20-14-12-17(2)13-15-20/h6-10,12-16,21-22H,4-5,11H2,1-3H3. The van der Waals surface area contributed by atoms with Crippen LogP contribution in [-0.2, 0) is 10.0 Å². The van der Waals surface area contributed by atoms with E-state index in [0.29, 0.717) is 4.90 Å². The molecule has 1 atom stereocenters. The van der Waals surface area contributed by atoms with Crippen LogP contribution in [-0.4, -0.2) is 14.5 Å². The second-order valence-electron chi connectivity index (χ2n) is 6.42. The highest BCUT2D eigenvalue weighted by atomic mass is 32.2. The second-order valence-corrected chi connectivity index (χ2v) is 9.08. The molecule has 0 radical (unpaired) electrons. The Morgan fingerprint density at radius 3 is 2.38 bits per heavy atom. The maximum atomic E-state index is 12.8. The summed E-state index contributed by atoms with van der Waals surface area (Å²) in [6.07, 6.45) is 2.80. The van der Waals surface area contributed by atoms with Crippen LogP contribution in [0.3, 0.4) is 0 Å². The molecule has 0 saturated heterocycles. The summed E-state index contributed by atoms with van der Waals surface area (Å²) in [7, 11) is -3.53. The summed E-state index contributed by atoms with van der Waals surface area (Å²) >= 11 is 1.62. The van der Waals surface area contributed by atoms with Crippen LogP contribution < -0.4 is 4.72 Å². The van der Waals surface area contributed by atoms with Crippen molar-refractivity contribution in [2.45, 2.75) is 55.9 Å². The molecular weight excluding hydrogens is 362 g/mol. The first kappa shape index (κ1) is 20.7. The van der Waals surface area contributed by atoms with Crippen molar-refractivity contribution in [1.82, 2.24) is 4.72 Å². The van der Waals surface area contributed by atoms with E-state index in [4.69, 9.17) is 0 Å². The smallest absolute Gasteiger partial charge is 0.207 e. The van der Waals surface area contributed by atoms with Gasteiger partial charge in [-0.3, -0.25) is 0 Å². The van der Waals surface area contributed by atoms with Gasteiger partial charge in [-0.25, -0.2) is 13.1 Å². The third-order valence-electron chi connectivity index (χ3n) is 4.15. The number of rotatable bonds is 9. The highest BCUT2D eigenvalue weighted by Gasteiger charge is 2.21.